The number of rotatable bonds is 6. The molecule has 1 aromatic heterocycles. The predicted molar refractivity (Wildman–Crippen MR) is 85.0 cm³/mol. The highest BCUT2D eigenvalue weighted by Gasteiger charge is 2.15. The highest BCUT2D eigenvalue weighted by molar-refractivity contribution is 6.83. The molecule has 1 rings (SSSR count). The molecule has 2 atom stereocenters. The van der Waals surface area contributed by atoms with Gasteiger partial charge in [0.25, 0.3) is 0 Å². The summed E-state index contributed by atoms with van der Waals surface area (Å²) in [4.78, 5) is 0. The third-order valence-corrected chi connectivity index (χ3v) is 3.82. The minimum absolute atomic E-state index is 0.0711. The van der Waals surface area contributed by atoms with Crippen LogP contribution in [-0.2, 0) is 0 Å². The van der Waals surface area contributed by atoms with E-state index < -0.39 is 14.2 Å². The van der Waals surface area contributed by atoms with Crippen molar-refractivity contribution in [3.63, 3.8) is 0 Å². The maximum Gasteiger partial charge on any atom is 0.129 e. The third kappa shape index (κ3) is 5.47. The summed E-state index contributed by atoms with van der Waals surface area (Å²) < 4.78 is 1.81. The second-order valence-electron chi connectivity index (χ2n) is 6.25. The summed E-state index contributed by atoms with van der Waals surface area (Å²) in [6.07, 6.45) is 5.00. The smallest absolute Gasteiger partial charge is 0.129 e. The molecule has 0 saturated carbocycles. The van der Waals surface area contributed by atoms with Crippen molar-refractivity contribution in [3.8, 4) is 11.5 Å². The Morgan fingerprint density at radius 2 is 1.90 bits per heavy atom. The molecule has 0 aliphatic heterocycles. The summed E-state index contributed by atoms with van der Waals surface area (Å²) >= 11 is 0. The van der Waals surface area contributed by atoms with Crippen LogP contribution in [0.5, 0.6) is 0 Å². The van der Waals surface area contributed by atoms with Crippen LogP contribution in [-0.4, -0.2) is 28.2 Å². The van der Waals surface area contributed by atoms with Gasteiger partial charge in [0.2, 0.25) is 0 Å². The molecular formula is C15H27N3OSi. The van der Waals surface area contributed by atoms with Gasteiger partial charge in [0, 0.05) is 0 Å². The summed E-state index contributed by atoms with van der Waals surface area (Å²) in [5.41, 5.74) is 4.06. The second-order valence-corrected chi connectivity index (χ2v) is 11.0. The van der Waals surface area contributed by atoms with Crippen LogP contribution in [0.3, 0.4) is 0 Å². The summed E-state index contributed by atoms with van der Waals surface area (Å²) in [6.45, 7) is 10.9. The van der Waals surface area contributed by atoms with Crippen molar-refractivity contribution in [1.29, 1.82) is 0 Å². The standard InChI is InChI=1S/C15H27N3OSi/c1-6-8-13(10-11-20(3,4)5)18-12-14(16-17-18)15(19)9-7-2/h12-13,15,19H,6-9H2,1-5H3. The van der Waals surface area contributed by atoms with Gasteiger partial charge < -0.3 is 5.11 Å². The first kappa shape index (κ1) is 16.9. The van der Waals surface area contributed by atoms with Crippen LogP contribution in [0.1, 0.15) is 57.4 Å². The lowest BCUT2D eigenvalue weighted by atomic mass is 10.1. The fourth-order valence-corrected chi connectivity index (χ4v) is 2.46. The quantitative estimate of drug-likeness (QED) is 0.646. The van der Waals surface area contributed by atoms with E-state index in [1.807, 2.05) is 17.8 Å². The number of hydrogen-bond donors (Lipinski definition) is 1. The molecule has 0 spiro atoms. The van der Waals surface area contributed by atoms with Crippen molar-refractivity contribution in [1.82, 2.24) is 15.0 Å². The number of aliphatic hydroxyl groups excluding tert-OH is 1. The monoisotopic (exact) mass is 293 g/mol. The zero-order valence-corrected chi connectivity index (χ0v) is 14.3. The van der Waals surface area contributed by atoms with Crippen LogP contribution in [0.15, 0.2) is 6.20 Å². The SMILES string of the molecule is CCCC(O)c1cn(C(C#C[Si](C)(C)C)CCC)nn1. The Hall–Kier alpha value is -1.12. The van der Waals surface area contributed by atoms with Crippen LogP contribution in [0.4, 0.5) is 0 Å². The molecule has 4 nitrogen and oxygen atoms in total. The van der Waals surface area contributed by atoms with E-state index in [1.54, 1.807) is 0 Å². The van der Waals surface area contributed by atoms with E-state index in [2.05, 4.69) is 48.3 Å². The Morgan fingerprint density at radius 1 is 1.25 bits per heavy atom. The summed E-state index contributed by atoms with van der Waals surface area (Å²) in [6, 6.07) is 0.0711. The van der Waals surface area contributed by atoms with Gasteiger partial charge in [0.05, 0.1) is 12.3 Å². The normalized spacial score (nSPS) is 14.5. The van der Waals surface area contributed by atoms with Gasteiger partial charge in [0.15, 0.2) is 0 Å². The largest absolute Gasteiger partial charge is 0.387 e. The first-order valence-electron chi connectivity index (χ1n) is 7.49. The zero-order chi connectivity index (χ0) is 15.2. The van der Waals surface area contributed by atoms with Crippen LogP contribution in [0.2, 0.25) is 19.6 Å². The van der Waals surface area contributed by atoms with Crippen molar-refractivity contribution in [2.45, 2.75) is 71.3 Å². The first-order valence-corrected chi connectivity index (χ1v) is 11.0. The molecule has 1 N–H and O–H groups in total. The maximum absolute atomic E-state index is 9.96. The minimum atomic E-state index is -1.38. The molecular weight excluding hydrogens is 266 g/mol. The first-order chi connectivity index (χ1) is 9.37. The molecule has 0 saturated heterocycles. The second kappa shape index (κ2) is 7.60. The van der Waals surface area contributed by atoms with E-state index in [-0.39, 0.29) is 6.04 Å². The van der Waals surface area contributed by atoms with Crippen molar-refractivity contribution < 1.29 is 5.11 Å². The number of nitrogens with zero attached hydrogens (tertiary/aromatic N) is 3. The Balaban J connectivity index is 2.89. The Morgan fingerprint density at radius 3 is 2.45 bits per heavy atom. The van der Waals surface area contributed by atoms with E-state index in [0.717, 1.165) is 25.7 Å². The topological polar surface area (TPSA) is 50.9 Å². The molecule has 0 fully saturated rings. The van der Waals surface area contributed by atoms with E-state index in [4.69, 9.17) is 0 Å². The lowest BCUT2D eigenvalue weighted by Gasteiger charge is -2.11. The molecule has 0 aliphatic carbocycles. The maximum atomic E-state index is 9.96. The summed E-state index contributed by atoms with van der Waals surface area (Å²) in [5, 5.41) is 18.2. The van der Waals surface area contributed by atoms with Gasteiger partial charge in [-0.15, -0.1) is 10.6 Å². The van der Waals surface area contributed by atoms with E-state index in [1.165, 1.54) is 0 Å². The Bertz CT molecular complexity index is 467. The molecule has 0 aromatic carbocycles. The van der Waals surface area contributed by atoms with Gasteiger partial charge in [-0.1, -0.05) is 57.5 Å². The summed E-state index contributed by atoms with van der Waals surface area (Å²) in [7, 11) is -1.38. The van der Waals surface area contributed by atoms with Crippen molar-refractivity contribution in [2.24, 2.45) is 0 Å². The fraction of sp³-hybridized carbons (Fsp3) is 0.733. The molecule has 0 bridgehead atoms. The van der Waals surface area contributed by atoms with Crippen molar-refractivity contribution in [2.75, 3.05) is 0 Å². The fourth-order valence-electron chi connectivity index (χ4n) is 1.86. The van der Waals surface area contributed by atoms with Crippen molar-refractivity contribution >= 4 is 8.07 Å². The lowest BCUT2D eigenvalue weighted by Crippen LogP contribution is -2.18. The highest BCUT2D eigenvalue weighted by atomic mass is 28.3. The molecule has 0 radical (unpaired) electrons. The van der Waals surface area contributed by atoms with Crippen LogP contribution < -0.4 is 0 Å². The van der Waals surface area contributed by atoms with Gasteiger partial charge in [0.1, 0.15) is 19.8 Å². The lowest BCUT2D eigenvalue weighted by molar-refractivity contribution is 0.161. The van der Waals surface area contributed by atoms with Gasteiger partial charge in [-0.25, -0.2) is 4.68 Å². The molecule has 0 aliphatic rings. The summed E-state index contributed by atoms with van der Waals surface area (Å²) in [5.74, 6) is 3.35. The highest BCUT2D eigenvalue weighted by Crippen LogP contribution is 2.18. The van der Waals surface area contributed by atoms with Gasteiger partial charge in [-0.05, 0) is 12.8 Å². The number of aromatic nitrogens is 3. The van der Waals surface area contributed by atoms with Crippen molar-refractivity contribution in [3.05, 3.63) is 11.9 Å². The van der Waals surface area contributed by atoms with E-state index in [9.17, 15) is 5.11 Å². The third-order valence-electron chi connectivity index (χ3n) is 2.93. The zero-order valence-electron chi connectivity index (χ0n) is 13.3. The molecule has 20 heavy (non-hydrogen) atoms. The molecule has 1 aromatic rings. The minimum Gasteiger partial charge on any atom is -0.387 e. The molecule has 5 heteroatoms. The average Bonchev–Trinajstić information content (AvgIpc) is 2.83. The van der Waals surface area contributed by atoms with Gasteiger partial charge in [-0.3, -0.25) is 0 Å². The number of aliphatic hydroxyl groups is 1. The Labute approximate surface area is 123 Å². The van der Waals surface area contributed by atoms with E-state index in [0.29, 0.717) is 5.69 Å². The molecule has 1 heterocycles. The Kier molecular flexibility index (Phi) is 6.44. The average molecular weight is 293 g/mol. The van der Waals surface area contributed by atoms with Crippen LogP contribution >= 0.6 is 0 Å². The predicted octanol–water partition coefficient (Wildman–Crippen LogP) is 3.33. The van der Waals surface area contributed by atoms with Crippen LogP contribution in [0.25, 0.3) is 0 Å². The molecule has 0 amide bonds. The number of hydrogen-bond acceptors (Lipinski definition) is 3. The molecule has 2 unspecified atom stereocenters. The van der Waals surface area contributed by atoms with E-state index >= 15 is 0 Å². The van der Waals surface area contributed by atoms with Gasteiger partial charge >= 0.3 is 0 Å². The van der Waals surface area contributed by atoms with Gasteiger partial charge in [-0.2, -0.15) is 0 Å². The van der Waals surface area contributed by atoms with Crippen LogP contribution in [0, 0.1) is 11.5 Å². The molecule has 112 valence electrons.